The molecule has 1 aromatic rings. The molecule has 1 rings (SSSR count). The van der Waals surface area contributed by atoms with Crippen LogP contribution in [0.4, 0.5) is 0 Å². The fourth-order valence-electron chi connectivity index (χ4n) is 2.02. The summed E-state index contributed by atoms with van der Waals surface area (Å²) in [6.07, 6.45) is -1.28. The summed E-state index contributed by atoms with van der Waals surface area (Å²) in [7, 11) is 0. The van der Waals surface area contributed by atoms with Crippen LogP contribution >= 0.6 is 0 Å². The molecule has 118 valence electrons. The molecule has 9 nitrogen and oxygen atoms in total. The second-order valence-electron chi connectivity index (χ2n) is 4.47. The van der Waals surface area contributed by atoms with Gasteiger partial charge < -0.3 is 20.4 Å². The standard InChI is InChI=1S/C13H13NO8/c15-10(16)1-6-5-14-9(4-13(21)22)8(3-12(19)20)7(6)2-11(17)18/h5H,1-4H2,(H,15,16)(H,17,18)(H,19,20)(H,21,22). The largest absolute Gasteiger partial charge is 0.481 e. The maximum atomic E-state index is 10.9. The van der Waals surface area contributed by atoms with E-state index in [2.05, 4.69) is 4.98 Å². The Morgan fingerprint density at radius 1 is 0.727 bits per heavy atom. The number of carboxylic acids is 4. The third-order valence-corrected chi connectivity index (χ3v) is 2.79. The van der Waals surface area contributed by atoms with Crippen LogP contribution in [0.5, 0.6) is 0 Å². The molecule has 4 N–H and O–H groups in total. The monoisotopic (exact) mass is 311 g/mol. The molecule has 0 aliphatic heterocycles. The van der Waals surface area contributed by atoms with Gasteiger partial charge in [0.05, 0.1) is 31.4 Å². The topological polar surface area (TPSA) is 162 Å². The number of carboxylic acid groups (broad SMARTS) is 4. The maximum Gasteiger partial charge on any atom is 0.309 e. The van der Waals surface area contributed by atoms with Crippen molar-refractivity contribution in [2.45, 2.75) is 25.7 Å². The minimum Gasteiger partial charge on any atom is -0.481 e. The van der Waals surface area contributed by atoms with Crippen molar-refractivity contribution in [2.75, 3.05) is 0 Å². The molecule has 0 bridgehead atoms. The molecule has 1 aromatic heterocycles. The van der Waals surface area contributed by atoms with Gasteiger partial charge in [0.25, 0.3) is 0 Å². The average molecular weight is 311 g/mol. The molecule has 22 heavy (non-hydrogen) atoms. The average Bonchev–Trinajstić information content (AvgIpc) is 2.34. The maximum absolute atomic E-state index is 10.9. The molecule has 0 unspecified atom stereocenters. The molecule has 0 fully saturated rings. The second-order valence-corrected chi connectivity index (χ2v) is 4.47. The Morgan fingerprint density at radius 3 is 1.64 bits per heavy atom. The summed E-state index contributed by atoms with van der Waals surface area (Å²) in [5.41, 5.74) is -0.0971. The van der Waals surface area contributed by atoms with Gasteiger partial charge in [-0.3, -0.25) is 24.2 Å². The number of aromatic nitrogens is 1. The molecule has 0 radical (unpaired) electrons. The van der Waals surface area contributed by atoms with Crippen LogP contribution in [0.2, 0.25) is 0 Å². The summed E-state index contributed by atoms with van der Waals surface area (Å²) >= 11 is 0. The molecular weight excluding hydrogens is 298 g/mol. The van der Waals surface area contributed by atoms with Gasteiger partial charge >= 0.3 is 23.9 Å². The van der Waals surface area contributed by atoms with E-state index in [-0.39, 0.29) is 22.4 Å². The van der Waals surface area contributed by atoms with Gasteiger partial charge in [-0.2, -0.15) is 0 Å². The lowest BCUT2D eigenvalue weighted by Crippen LogP contribution is -2.18. The van der Waals surface area contributed by atoms with Crippen molar-refractivity contribution < 1.29 is 39.6 Å². The Bertz CT molecular complexity index is 582. The summed E-state index contributed by atoms with van der Waals surface area (Å²) in [5.74, 6) is -5.08. The molecule has 0 saturated heterocycles. The number of aliphatic carboxylic acids is 4. The Labute approximate surface area is 123 Å². The van der Waals surface area contributed by atoms with Crippen molar-refractivity contribution in [2.24, 2.45) is 0 Å². The van der Waals surface area contributed by atoms with Gasteiger partial charge in [0.1, 0.15) is 0 Å². The van der Waals surface area contributed by atoms with E-state index < -0.39 is 49.6 Å². The van der Waals surface area contributed by atoms with Crippen LogP contribution in [0.1, 0.15) is 22.4 Å². The first-order chi connectivity index (χ1) is 10.2. The Hall–Kier alpha value is -2.97. The molecule has 0 aliphatic rings. The SMILES string of the molecule is O=C(O)Cc1cnc(CC(=O)O)c(CC(=O)O)c1CC(=O)O. The summed E-state index contributed by atoms with van der Waals surface area (Å²) in [5, 5.41) is 35.5. The van der Waals surface area contributed by atoms with Gasteiger partial charge in [0.2, 0.25) is 0 Å². The number of hydrogen-bond donors (Lipinski definition) is 4. The van der Waals surface area contributed by atoms with Crippen LogP contribution in [-0.2, 0) is 44.9 Å². The molecule has 0 spiro atoms. The Balaban J connectivity index is 3.48. The van der Waals surface area contributed by atoms with Crippen molar-refractivity contribution >= 4 is 23.9 Å². The van der Waals surface area contributed by atoms with E-state index in [1.165, 1.54) is 0 Å². The highest BCUT2D eigenvalue weighted by atomic mass is 16.4. The molecule has 0 aliphatic carbocycles. The Morgan fingerprint density at radius 2 is 1.18 bits per heavy atom. The predicted molar refractivity (Wildman–Crippen MR) is 69.6 cm³/mol. The van der Waals surface area contributed by atoms with E-state index in [0.717, 1.165) is 6.20 Å². The smallest absolute Gasteiger partial charge is 0.309 e. The lowest BCUT2D eigenvalue weighted by atomic mass is 9.93. The fourth-order valence-corrected chi connectivity index (χ4v) is 2.02. The highest BCUT2D eigenvalue weighted by molar-refractivity contribution is 5.78. The molecule has 9 heteroatoms. The third kappa shape index (κ3) is 4.85. The number of nitrogens with zero attached hydrogens (tertiary/aromatic N) is 1. The molecule has 0 aromatic carbocycles. The highest BCUT2D eigenvalue weighted by Gasteiger charge is 2.21. The van der Waals surface area contributed by atoms with Crippen molar-refractivity contribution in [3.8, 4) is 0 Å². The summed E-state index contributed by atoms with van der Waals surface area (Å²) in [4.78, 5) is 47.3. The van der Waals surface area contributed by atoms with Crippen molar-refractivity contribution in [3.05, 3.63) is 28.6 Å². The van der Waals surface area contributed by atoms with Crippen LogP contribution in [0.3, 0.4) is 0 Å². The first kappa shape index (κ1) is 17.1. The van der Waals surface area contributed by atoms with E-state index in [1.807, 2.05) is 0 Å². The van der Waals surface area contributed by atoms with Crippen LogP contribution in [0.25, 0.3) is 0 Å². The van der Waals surface area contributed by atoms with Gasteiger partial charge in [0.15, 0.2) is 0 Å². The van der Waals surface area contributed by atoms with Crippen LogP contribution in [-0.4, -0.2) is 49.3 Å². The molecule has 0 amide bonds. The fraction of sp³-hybridized carbons (Fsp3) is 0.308. The van der Waals surface area contributed by atoms with Gasteiger partial charge in [-0.15, -0.1) is 0 Å². The zero-order valence-electron chi connectivity index (χ0n) is 11.3. The van der Waals surface area contributed by atoms with E-state index >= 15 is 0 Å². The molecular formula is C13H13NO8. The number of hydrogen-bond acceptors (Lipinski definition) is 5. The summed E-state index contributed by atoms with van der Waals surface area (Å²) in [6, 6.07) is 0. The number of carbonyl (C=O) groups is 4. The van der Waals surface area contributed by atoms with Gasteiger partial charge in [-0.05, 0) is 16.7 Å². The van der Waals surface area contributed by atoms with E-state index in [0.29, 0.717) is 0 Å². The molecule has 0 saturated carbocycles. The van der Waals surface area contributed by atoms with Crippen LogP contribution in [0.15, 0.2) is 6.20 Å². The first-order valence-corrected chi connectivity index (χ1v) is 6.06. The van der Waals surface area contributed by atoms with Gasteiger partial charge in [0, 0.05) is 6.20 Å². The van der Waals surface area contributed by atoms with Crippen molar-refractivity contribution in [1.82, 2.24) is 4.98 Å². The minimum atomic E-state index is -1.30. The zero-order chi connectivity index (χ0) is 16.9. The van der Waals surface area contributed by atoms with E-state index in [9.17, 15) is 19.2 Å². The van der Waals surface area contributed by atoms with E-state index in [4.69, 9.17) is 20.4 Å². The molecule has 1 heterocycles. The minimum absolute atomic E-state index is 0.0106. The first-order valence-electron chi connectivity index (χ1n) is 6.06. The zero-order valence-corrected chi connectivity index (χ0v) is 11.3. The highest BCUT2D eigenvalue weighted by Crippen LogP contribution is 2.21. The molecule has 0 atom stereocenters. The number of rotatable bonds is 8. The van der Waals surface area contributed by atoms with Gasteiger partial charge in [-0.1, -0.05) is 0 Å². The van der Waals surface area contributed by atoms with Crippen LogP contribution < -0.4 is 0 Å². The lowest BCUT2D eigenvalue weighted by molar-refractivity contribution is -0.138. The summed E-state index contributed by atoms with van der Waals surface area (Å²) < 4.78 is 0. The van der Waals surface area contributed by atoms with Gasteiger partial charge in [-0.25, -0.2) is 0 Å². The van der Waals surface area contributed by atoms with Crippen LogP contribution in [0, 0.1) is 0 Å². The lowest BCUT2D eigenvalue weighted by Gasteiger charge is -2.14. The quantitative estimate of drug-likeness (QED) is 0.499. The predicted octanol–water partition coefficient (Wildman–Crippen LogP) is -0.410. The normalized spacial score (nSPS) is 10.2. The van der Waals surface area contributed by atoms with Crippen molar-refractivity contribution in [1.29, 1.82) is 0 Å². The third-order valence-electron chi connectivity index (χ3n) is 2.79. The second kappa shape index (κ2) is 7.16. The van der Waals surface area contributed by atoms with Crippen molar-refractivity contribution in [3.63, 3.8) is 0 Å². The summed E-state index contributed by atoms with van der Waals surface area (Å²) in [6.45, 7) is 0. The number of pyridine rings is 1. The Kier molecular flexibility index (Phi) is 5.56. The van der Waals surface area contributed by atoms with E-state index in [1.54, 1.807) is 0 Å².